The largest absolute Gasteiger partial charge is 0.333 e. The van der Waals surface area contributed by atoms with Crippen LogP contribution in [0.3, 0.4) is 0 Å². The van der Waals surface area contributed by atoms with E-state index in [9.17, 15) is 4.79 Å². The molecule has 1 unspecified atom stereocenters. The second-order valence-corrected chi connectivity index (χ2v) is 7.37. The molecule has 4 rings (SSSR count). The molecule has 2 aliphatic rings. The van der Waals surface area contributed by atoms with Gasteiger partial charge in [0, 0.05) is 18.8 Å². The van der Waals surface area contributed by atoms with Gasteiger partial charge in [0.1, 0.15) is 6.54 Å². The predicted octanol–water partition coefficient (Wildman–Crippen LogP) is 1.93. The van der Waals surface area contributed by atoms with Gasteiger partial charge in [-0.05, 0) is 60.2 Å². The van der Waals surface area contributed by atoms with Crippen LogP contribution in [0.2, 0.25) is 0 Å². The highest BCUT2D eigenvalue weighted by Crippen LogP contribution is 2.56. The molecule has 1 amide bonds. The molecular formula is C16H22ClN5OS. The van der Waals surface area contributed by atoms with Gasteiger partial charge in [-0.15, -0.1) is 17.5 Å². The van der Waals surface area contributed by atoms with Gasteiger partial charge in [-0.25, -0.2) is 4.68 Å². The highest BCUT2D eigenvalue weighted by Gasteiger charge is 2.57. The van der Waals surface area contributed by atoms with E-state index in [1.54, 1.807) is 28.4 Å². The molecule has 1 spiro atoms. The van der Waals surface area contributed by atoms with E-state index in [0.29, 0.717) is 18.0 Å². The Morgan fingerprint density at radius 2 is 2.29 bits per heavy atom. The highest BCUT2D eigenvalue weighted by molar-refractivity contribution is 7.07. The van der Waals surface area contributed by atoms with Crippen LogP contribution in [0.25, 0.3) is 0 Å². The van der Waals surface area contributed by atoms with Crippen LogP contribution in [0.1, 0.15) is 24.8 Å². The first-order chi connectivity index (χ1) is 11.3. The first kappa shape index (κ1) is 17.4. The van der Waals surface area contributed by atoms with Crippen LogP contribution in [0.4, 0.5) is 0 Å². The smallest absolute Gasteiger partial charge is 0.244 e. The van der Waals surface area contributed by atoms with E-state index in [-0.39, 0.29) is 24.9 Å². The molecule has 2 aromatic rings. The summed E-state index contributed by atoms with van der Waals surface area (Å²) in [7, 11) is 0. The zero-order valence-corrected chi connectivity index (χ0v) is 15.1. The molecule has 1 saturated heterocycles. The molecule has 1 N–H and O–H groups in total. The van der Waals surface area contributed by atoms with E-state index in [0.717, 1.165) is 19.5 Å². The fraction of sp³-hybridized carbons (Fsp3) is 0.562. The minimum atomic E-state index is 0. The van der Waals surface area contributed by atoms with Crippen LogP contribution in [0.5, 0.6) is 0 Å². The van der Waals surface area contributed by atoms with Crippen LogP contribution < -0.4 is 5.32 Å². The molecule has 1 saturated carbocycles. The topological polar surface area (TPSA) is 63.1 Å². The van der Waals surface area contributed by atoms with Crippen molar-refractivity contribution in [2.75, 3.05) is 13.1 Å². The number of nitrogens with zero attached hydrogens (tertiary/aromatic N) is 4. The fourth-order valence-electron chi connectivity index (χ4n) is 3.73. The summed E-state index contributed by atoms with van der Waals surface area (Å²) in [5, 5.41) is 15.4. The molecule has 2 aromatic heterocycles. The van der Waals surface area contributed by atoms with Gasteiger partial charge < -0.3 is 10.2 Å². The van der Waals surface area contributed by atoms with Crippen LogP contribution in [0.15, 0.2) is 29.2 Å². The molecule has 0 aromatic carbocycles. The van der Waals surface area contributed by atoms with Crippen molar-refractivity contribution in [3.05, 3.63) is 34.8 Å². The third-order valence-electron chi connectivity index (χ3n) is 5.14. The number of amides is 1. The van der Waals surface area contributed by atoms with Crippen molar-refractivity contribution in [2.24, 2.45) is 5.41 Å². The van der Waals surface area contributed by atoms with Crippen LogP contribution in [0, 0.1) is 5.41 Å². The summed E-state index contributed by atoms with van der Waals surface area (Å²) in [5.41, 5.74) is 1.57. The lowest BCUT2D eigenvalue weighted by atomic mass is 9.93. The Hall–Kier alpha value is -1.44. The zero-order chi connectivity index (χ0) is 15.7. The summed E-state index contributed by atoms with van der Waals surface area (Å²) in [6, 6.07) is 2.48. The molecule has 1 aliphatic heterocycles. The number of hydrogen-bond donors (Lipinski definition) is 1. The maximum Gasteiger partial charge on any atom is 0.244 e. The summed E-state index contributed by atoms with van der Waals surface area (Å²) in [6.45, 7) is 3.12. The number of nitrogens with one attached hydrogen (secondary N) is 1. The Morgan fingerprint density at radius 3 is 2.96 bits per heavy atom. The minimum absolute atomic E-state index is 0. The van der Waals surface area contributed by atoms with Crippen molar-refractivity contribution in [1.29, 1.82) is 0 Å². The van der Waals surface area contributed by atoms with E-state index >= 15 is 0 Å². The van der Waals surface area contributed by atoms with Gasteiger partial charge in [-0.1, -0.05) is 5.21 Å². The van der Waals surface area contributed by atoms with E-state index in [1.807, 2.05) is 0 Å². The van der Waals surface area contributed by atoms with E-state index < -0.39 is 0 Å². The number of halogens is 1. The van der Waals surface area contributed by atoms with Crippen molar-refractivity contribution in [2.45, 2.75) is 38.4 Å². The third-order valence-corrected chi connectivity index (χ3v) is 5.88. The van der Waals surface area contributed by atoms with Gasteiger partial charge in [0.25, 0.3) is 0 Å². The van der Waals surface area contributed by atoms with Gasteiger partial charge in [-0.2, -0.15) is 11.3 Å². The van der Waals surface area contributed by atoms with Crippen LogP contribution >= 0.6 is 23.7 Å². The van der Waals surface area contributed by atoms with Gasteiger partial charge in [0.2, 0.25) is 5.91 Å². The summed E-state index contributed by atoms with van der Waals surface area (Å²) in [5.74, 6) is 0.141. The average Bonchev–Trinajstić information content (AvgIpc) is 2.99. The molecule has 130 valence electrons. The second kappa shape index (κ2) is 7.21. The number of thiophene rings is 1. The molecule has 0 bridgehead atoms. The Labute approximate surface area is 151 Å². The van der Waals surface area contributed by atoms with Crippen molar-refractivity contribution in [3.63, 3.8) is 0 Å². The van der Waals surface area contributed by atoms with Crippen LogP contribution in [-0.2, 0) is 17.9 Å². The Kier molecular flexibility index (Phi) is 5.22. The monoisotopic (exact) mass is 367 g/mol. The summed E-state index contributed by atoms with van der Waals surface area (Å²) < 4.78 is 1.61. The maximum atomic E-state index is 12.9. The average molecular weight is 368 g/mol. The Balaban J connectivity index is 0.00000169. The number of piperidine rings is 1. The number of carbonyl (C=O) groups excluding carboxylic acids is 1. The Morgan fingerprint density at radius 1 is 1.46 bits per heavy atom. The van der Waals surface area contributed by atoms with Gasteiger partial charge >= 0.3 is 0 Å². The van der Waals surface area contributed by atoms with Gasteiger partial charge in [0.15, 0.2) is 0 Å². The zero-order valence-electron chi connectivity index (χ0n) is 13.4. The number of rotatable bonds is 5. The van der Waals surface area contributed by atoms with Gasteiger partial charge in [-0.3, -0.25) is 4.79 Å². The third kappa shape index (κ3) is 3.48. The molecule has 3 heterocycles. The lowest BCUT2D eigenvalue weighted by molar-refractivity contribution is -0.134. The minimum Gasteiger partial charge on any atom is -0.333 e. The second-order valence-electron chi connectivity index (χ2n) is 6.59. The number of aromatic nitrogens is 3. The standard InChI is InChI=1S/C16H21N5OS.ClH/c22-15(11-20-7-6-18-19-20)21(10-13-1-8-23-12-13)14-9-16(14)2-4-17-5-3-16;/h1,6-8,12,14,17H,2-5,9-11H2;1H. The molecule has 1 aliphatic carbocycles. The lowest BCUT2D eigenvalue weighted by Gasteiger charge is -2.29. The first-order valence-electron chi connectivity index (χ1n) is 8.12. The van der Waals surface area contributed by atoms with E-state index in [4.69, 9.17) is 0 Å². The summed E-state index contributed by atoms with van der Waals surface area (Å²) >= 11 is 1.68. The normalized spacial score (nSPS) is 21.2. The lowest BCUT2D eigenvalue weighted by Crippen LogP contribution is -2.40. The molecule has 24 heavy (non-hydrogen) atoms. The molecular weight excluding hydrogens is 346 g/mol. The van der Waals surface area contributed by atoms with Crippen LogP contribution in [-0.4, -0.2) is 44.9 Å². The van der Waals surface area contributed by atoms with E-state index in [2.05, 4.69) is 37.4 Å². The highest BCUT2D eigenvalue weighted by atomic mass is 35.5. The molecule has 2 fully saturated rings. The molecule has 1 atom stereocenters. The summed E-state index contributed by atoms with van der Waals surface area (Å²) in [6.07, 6.45) is 6.85. The van der Waals surface area contributed by atoms with Crippen molar-refractivity contribution in [1.82, 2.24) is 25.2 Å². The SMILES string of the molecule is Cl.O=C(Cn1ccnn1)N(Cc1ccsc1)C1CC12CCNCC2. The predicted molar refractivity (Wildman–Crippen MR) is 95.1 cm³/mol. The fourth-order valence-corrected chi connectivity index (χ4v) is 4.39. The maximum absolute atomic E-state index is 12.9. The number of hydrogen-bond acceptors (Lipinski definition) is 5. The number of carbonyl (C=O) groups is 1. The van der Waals surface area contributed by atoms with Crippen molar-refractivity contribution < 1.29 is 4.79 Å². The van der Waals surface area contributed by atoms with Crippen molar-refractivity contribution in [3.8, 4) is 0 Å². The molecule has 6 nitrogen and oxygen atoms in total. The first-order valence-corrected chi connectivity index (χ1v) is 9.06. The molecule has 8 heteroatoms. The quantitative estimate of drug-likeness (QED) is 0.877. The van der Waals surface area contributed by atoms with Gasteiger partial charge in [0.05, 0.1) is 6.20 Å². The van der Waals surface area contributed by atoms with Crippen molar-refractivity contribution >= 4 is 29.7 Å². The Bertz CT molecular complexity index is 654. The van der Waals surface area contributed by atoms with E-state index in [1.165, 1.54) is 18.4 Å². The molecule has 0 radical (unpaired) electrons. The summed E-state index contributed by atoms with van der Waals surface area (Å²) in [4.78, 5) is 14.9.